The monoisotopic (exact) mass is 308 g/mol. The van der Waals surface area contributed by atoms with Crippen LogP contribution in [0.5, 0.6) is 0 Å². The molecule has 5 heteroatoms. The SMILES string of the molecule is CCCN(CC)CCn1c(CCCl)nc2c(C)ccnc21. The Hall–Kier alpha value is -1.13. The van der Waals surface area contributed by atoms with Gasteiger partial charge in [-0.15, -0.1) is 11.6 Å². The Balaban J connectivity index is 2.27. The first-order chi connectivity index (χ1) is 10.2. The fourth-order valence-electron chi connectivity index (χ4n) is 2.68. The molecule has 0 aliphatic carbocycles. The van der Waals surface area contributed by atoms with Gasteiger partial charge in [0.25, 0.3) is 0 Å². The summed E-state index contributed by atoms with van der Waals surface area (Å²) in [6.45, 7) is 10.7. The molecule has 2 heterocycles. The van der Waals surface area contributed by atoms with Crippen molar-refractivity contribution in [3.8, 4) is 0 Å². The van der Waals surface area contributed by atoms with Crippen molar-refractivity contribution < 1.29 is 0 Å². The Morgan fingerprint density at radius 3 is 2.76 bits per heavy atom. The number of imidazole rings is 1. The van der Waals surface area contributed by atoms with Crippen molar-refractivity contribution in [1.29, 1.82) is 0 Å². The van der Waals surface area contributed by atoms with E-state index < -0.39 is 0 Å². The molecular formula is C16H25ClN4. The highest BCUT2D eigenvalue weighted by molar-refractivity contribution is 6.17. The van der Waals surface area contributed by atoms with Gasteiger partial charge in [-0.2, -0.15) is 0 Å². The highest BCUT2D eigenvalue weighted by atomic mass is 35.5. The van der Waals surface area contributed by atoms with Gasteiger partial charge in [-0.3, -0.25) is 0 Å². The number of aromatic nitrogens is 3. The summed E-state index contributed by atoms with van der Waals surface area (Å²) in [5, 5.41) is 0. The Bertz CT molecular complexity index is 579. The van der Waals surface area contributed by atoms with Crippen LogP contribution in [0.1, 0.15) is 31.7 Å². The van der Waals surface area contributed by atoms with Crippen molar-refractivity contribution >= 4 is 22.8 Å². The minimum Gasteiger partial charge on any atom is -0.311 e. The average Bonchev–Trinajstić information content (AvgIpc) is 2.83. The molecule has 0 saturated carbocycles. The first kappa shape index (κ1) is 16.2. The molecule has 0 atom stereocenters. The number of pyridine rings is 1. The number of hydrogen-bond acceptors (Lipinski definition) is 3. The van der Waals surface area contributed by atoms with Crippen LogP contribution in [0.2, 0.25) is 0 Å². The topological polar surface area (TPSA) is 34.0 Å². The van der Waals surface area contributed by atoms with Gasteiger partial charge in [-0.1, -0.05) is 13.8 Å². The lowest BCUT2D eigenvalue weighted by molar-refractivity contribution is 0.276. The molecule has 0 spiro atoms. The third-order valence-electron chi connectivity index (χ3n) is 3.86. The minimum absolute atomic E-state index is 0.592. The maximum absolute atomic E-state index is 5.93. The standard InChI is InChI=1S/C16H25ClN4/c1-4-10-20(5-2)11-12-21-14(6-8-17)19-15-13(3)7-9-18-16(15)21/h7,9H,4-6,8,10-12H2,1-3H3. The molecule has 4 nitrogen and oxygen atoms in total. The van der Waals surface area contributed by atoms with E-state index in [0.29, 0.717) is 5.88 Å². The van der Waals surface area contributed by atoms with E-state index in [1.807, 2.05) is 12.3 Å². The number of fused-ring (bicyclic) bond motifs is 1. The Labute approximate surface area is 132 Å². The second kappa shape index (κ2) is 7.76. The zero-order chi connectivity index (χ0) is 15.2. The summed E-state index contributed by atoms with van der Waals surface area (Å²) < 4.78 is 2.24. The van der Waals surface area contributed by atoms with Gasteiger partial charge >= 0.3 is 0 Å². The highest BCUT2D eigenvalue weighted by Gasteiger charge is 2.13. The van der Waals surface area contributed by atoms with Gasteiger partial charge in [-0.25, -0.2) is 9.97 Å². The summed E-state index contributed by atoms with van der Waals surface area (Å²) >= 11 is 5.93. The number of halogens is 1. The number of rotatable bonds is 8. The van der Waals surface area contributed by atoms with E-state index in [1.54, 1.807) is 0 Å². The molecular weight excluding hydrogens is 284 g/mol. The maximum Gasteiger partial charge on any atom is 0.160 e. The molecule has 0 amide bonds. The van der Waals surface area contributed by atoms with Crippen LogP contribution in [-0.2, 0) is 13.0 Å². The molecule has 116 valence electrons. The third-order valence-corrected chi connectivity index (χ3v) is 4.05. The fourth-order valence-corrected chi connectivity index (χ4v) is 2.85. The Morgan fingerprint density at radius 1 is 1.29 bits per heavy atom. The summed E-state index contributed by atoms with van der Waals surface area (Å²) in [5.74, 6) is 1.64. The van der Waals surface area contributed by atoms with Crippen LogP contribution in [0.3, 0.4) is 0 Å². The van der Waals surface area contributed by atoms with Crippen LogP contribution >= 0.6 is 11.6 Å². The number of aryl methyl sites for hydroxylation is 2. The molecule has 0 aromatic carbocycles. The van der Waals surface area contributed by atoms with Crippen molar-refractivity contribution in [1.82, 2.24) is 19.4 Å². The lowest BCUT2D eigenvalue weighted by Gasteiger charge is -2.20. The summed E-state index contributed by atoms with van der Waals surface area (Å²) in [6, 6.07) is 2.01. The molecule has 0 bridgehead atoms. The van der Waals surface area contributed by atoms with Crippen molar-refractivity contribution in [3.05, 3.63) is 23.7 Å². The van der Waals surface area contributed by atoms with E-state index >= 15 is 0 Å². The van der Waals surface area contributed by atoms with Crippen LogP contribution in [-0.4, -0.2) is 44.9 Å². The summed E-state index contributed by atoms with van der Waals surface area (Å²) in [4.78, 5) is 11.7. The van der Waals surface area contributed by atoms with Gasteiger partial charge in [-0.05, 0) is 38.1 Å². The number of nitrogens with zero attached hydrogens (tertiary/aromatic N) is 4. The van der Waals surface area contributed by atoms with E-state index in [4.69, 9.17) is 16.6 Å². The minimum atomic E-state index is 0.592. The smallest absolute Gasteiger partial charge is 0.160 e. The molecule has 0 aliphatic heterocycles. The molecule has 0 N–H and O–H groups in total. The zero-order valence-electron chi connectivity index (χ0n) is 13.3. The van der Waals surface area contributed by atoms with E-state index in [2.05, 4.69) is 35.2 Å². The normalized spacial score (nSPS) is 11.7. The van der Waals surface area contributed by atoms with Crippen LogP contribution in [0.4, 0.5) is 0 Å². The van der Waals surface area contributed by atoms with Crippen molar-refractivity contribution in [2.24, 2.45) is 0 Å². The average molecular weight is 309 g/mol. The lowest BCUT2D eigenvalue weighted by Crippen LogP contribution is -2.28. The Morgan fingerprint density at radius 2 is 2.10 bits per heavy atom. The number of hydrogen-bond donors (Lipinski definition) is 0. The van der Waals surface area contributed by atoms with Gasteiger partial charge < -0.3 is 9.47 Å². The van der Waals surface area contributed by atoms with Gasteiger partial charge in [0.1, 0.15) is 11.3 Å². The van der Waals surface area contributed by atoms with Crippen LogP contribution in [0.15, 0.2) is 12.3 Å². The molecule has 0 fully saturated rings. The fraction of sp³-hybridized carbons (Fsp3) is 0.625. The molecule has 0 radical (unpaired) electrons. The zero-order valence-corrected chi connectivity index (χ0v) is 14.0. The summed E-state index contributed by atoms with van der Waals surface area (Å²) in [6.07, 6.45) is 3.84. The number of alkyl halides is 1. The largest absolute Gasteiger partial charge is 0.311 e. The van der Waals surface area contributed by atoms with Gasteiger partial charge in [0.15, 0.2) is 5.65 Å². The predicted octanol–water partition coefficient (Wildman–Crippen LogP) is 3.25. The van der Waals surface area contributed by atoms with Gasteiger partial charge in [0.2, 0.25) is 0 Å². The van der Waals surface area contributed by atoms with E-state index in [9.17, 15) is 0 Å². The Kier molecular flexibility index (Phi) is 6.00. The first-order valence-electron chi connectivity index (χ1n) is 7.80. The first-order valence-corrected chi connectivity index (χ1v) is 8.33. The molecule has 2 aromatic rings. The van der Waals surface area contributed by atoms with Crippen molar-refractivity contribution in [2.75, 3.05) is 25.5 Å². The van der Waals surface area contributed by atoms with E-state index in [1.165, 1.54) is 12.0 Å². The van der Waals surface area contributed by atoms with Crippen LogP contribution < -0.4 is 0 Å². The quantitative estimate of drug-likeness (QED) is 0.702. The van der Waals surface area contributed by atoms with Crippen molar-refractivity contribution in [3.63, 3.8) is 0 Å². The molecule has 0 saturated heterocycles. The van der Waals surface area contributed by atoms with E-state index in [0.717, 1.165) is 49.6 Å². The van der Waals surface area contributed by atoms with Gasteiger partial charge in [0.05, 0.1) is 0 Å². The number of likely N-dealkylation sites (N-methyl/N-ethyl adjacent to an activating group) is 1. The molecule has 2 aromatic heterocycles. The highest BCUT2D eigenvalue weighted by Crippen LogP contribution is 2.18. The van der Waals surface area contributed by atoms with Crippen LogP contribution in [0.25, 0.3) is 11.2 Å². The van der Waals surface area contributed by atoms with E-state index in [-0.39, 0.29) is 0 Å². The second-order valence-corrected chi connectivity index (χ2v) is 5.73. The second-order valence-electron chi connectivity index (χ2n) is 5.35. The molecule has 21 heavy (non-hydrogen) atoms. The molecule has 0 aliphatic rings. The third kappa shape index (κ3) is 3.74. The maximum atomic E-state index is 5.93. The van der Waals surface area contributed by atoms with Gasteiger partial charge in [0, 0.05) is 31.6 Å². The van der Waals surface area contributed by atoms with Crippen molar-refractivity contribution in [2.45, 2.75) is 40.2 Å². The van der Waals surface area contributed by atoms with Crippen LogP contribution in [0, 0.1) is 6.92 Å². The lowest BCUT2D eigenvalue weighted by atomic mass is 10.3. The summed E-state index contributed by atoms with van der Waals surface area (Å²) in [5.41, 5.74) is 3.18. The predicted molar refractivity (Wildman–Crippen MR) is 89.1 cm³/mol. The molecule has 0 unspecified atom stereocenters. The summed E-state index contributed by atoms with van der Waals surface area (Å²) in [7, 11) is 0. The molecule has 2 rings (SSSR count).